The summed E-state index contributed by atoms with van der Waals surface area (Å²) in [4.78, 5) is 4.87. The van der Waals surface area contributed by atoms with Crippen molar-refractivity contribution >= 4 is 0 Å². The van der Waals surface area contributed by atoms with E-state index in [1.54, 1.807) is 0 Å². The predicted molar refractivity (Wildman–Crippen MR) is 75.3 cm³/mol. The number of fused-ring (bicyclic) bond motifs is 1. The fraction of sp³-hybridized carbons (Fsp3) is 0.800. The van der Waals surface area contributed by atoms with Crippen LogP contribution in [0.4, 0.5) is 0 Å². The Morgan fingerprint density at radius 3 is 2.79 bits per heavy atom. The van der Waals surface area contributed by atoms with Crippen molar-refractivity contribution < 1.29 is 4.74 Å². The van der Waals surface area contributed by atoms with Crippen molar-refractivity contribution in [2.24, 2.45) is 0 Å². The Kier molecular flexibility index (Phi) is 3.39. The first kappa shape index (κ1) is 13.1. The van der Waals surface area contributed by atoms with E-state index in [2.05, 4.69) is 23.7 Å². The van der Waals surface area contributed by atoms with Crippen LogP contribution in [-0.2, 0) is 24.2 Å². The van der Waals surface area contributed by atoms with Gasteiger partial charge in [0.05, 0.1) is 17.8 Å². The topological polar surface area (TPSA) is 39.1 Å². The molecule has 1 saturated carbocycles. The van der Waals surface area contributed by atoms with Crippen LogP contribution in [0.1, 0.15) is 56.2 Å². The highest BCUT2D eigenvalue weighted by Gasteiger charge is 2.39. The average molecular weight is 263 g/mol. The van der Waals surface area contributed by atoms with Crippen LogP contribution in [0.15, 0.2) is 0 Å². The van der Waals surface area contributed by atoms with Crippen molar-refractivity contribution in [2.45, 2.75) is 64.1 Å². The third-order valence-corrected chi connectivity index (χ3v) is 4.68. The van der Waals surface area contributed by atoms with E-state index in [0.717, 1.165) is 26.1 Å². The molecule has 3 rings (SSSR count). The van der Waals surface area contributed by atoms with E-state index in [1.165, 1.54) is 36.5 Å². The van der Waals surface area contributed by atoms with Gasteiger partial charge in [-0.25, -0.2) is 4.98 Å². The normalized spacial score (nSPS) is 21.3. The molecular weight excluding hydrogens is 238 g/mol. The molecule has 4 nitrogen and oxygen atoms in total. The van der Waals surface area contributed by atoms with Gasteiger partial charge in [-0.1, -0.05) is 13.8 Å². The minimum Gasteiger partial charge on any atom is -0.376 e. The number of nitrogens with one attached hydrogen (secondary N) is 1. The summed E-state index contributed by atoms with van der Waals surface area (Å²) in [6.07, 6.45) is 4.76. The standard InChI is InChI=1S/C15H25N3O/c1-11(2)14-17-12-9-16-8-5-13(12)18(14)10-15(19-3)6-4-7-15/h11,16H,4-10H2,1-3H3. The molecule has 1 aromatic heterocycles. The van der Waals surface area contributed by atoms with Crippen molar-refractivity contribution in [3.8, 4) is 0 Å². The lowest BCUT2D eigenvalue weighted by atomic mass is 9.79. The molecule has 1 aromatic rings. The first-order chi connectivity index (χ1) is 9.15. The van der Waals surface area contributed by atoms with Gasteiger partial charge in [-0.2, -0.15) is 0 Å². The Morgan fingerprint density at radius 2 is 2.21 bits per heavy atom. The number of rotatable bonds is 4. The van der Waals surface area contributed by atoms with Crippen LogP contribution in [0.2, 0.25) is 0 Å². The van der Waals surface area contributed by atoms with Crippen molar-refractivity contribution in [1.29, 1.82) is 0 Å². The molecule has 0 unspecified atom stereocenters. The third kappa shape index (κ3) is 2.21. The molecule has 0 amide bonds. The average Bonchev–Trinajstić information content (AvgIpc) is 2.73. The van der Waals surface area contributed by atoms with E-state index >= 15 is 0 Å². The Hall–Kier alpha value is -0.870. The van der Waals surface area contributed by atoms with Crippen LogP contribution in [-0.4, -0.2) is 28.8 Å². The Balaban J connectivity index is 1.96. The van der Waals surface area contributed by atoms with E-state index in [4.69, 9.17) is 9.72 Å². The van der Waals surface area contributed by atoms with Crippen LogP contribution in [0.3, 0.4) is 0 Å². The maximum atomic E-state index is 5.81. The van der Waals surface area contributed by atoms with Gasteiger partial charge < -0.3 is 14.6 Å². The van der Waals surface area contributed by atoms with Gasteiger partial charge in [0.25, 0.3) is 0 Å². The Bertz CT molecular complexity index is 455. The van der Waals surface area contributed by atoms with Crippen LogP contribution in [0.5, 0.6) is 0 Å². The highest BCUT2D eigenvalue weighted by molar-refractivity contribution is 5.22. The quantitative estimate of drug-likeness (QED) is 0.905. The van der Waals surface area contributed by atoms with Crippen molar-refractivity contribution in [3.63, 3.8) is 0 Å². The van der Waals surface area contributed by atoms with Crippen molar-refractivity contribution in [2.75, 3.05) is 13.7 Å². The SMILES string of the molecule is COC1(Cn2c(C(C)C)nc3c2CCNC3)CCC1. The zero-order valence-electron chi connectivity index (χ0n) is 12.3. The molecule has 0 bridgehead atoms. The van der Waals surface area contributed by atoms with Gasteiger partial charge in [0.2, 0.25) is 0 Å². The van der Waals surface area contributed by atoms with E-state index in [-0.39, 0.29) is 5.60 Å². The van der Waals surface area contributed by atoms with Gasteiger partial charge in [-0.3, -0.25) is 0 Å². The molecule has 1 aliphatic carbocycles. The van der Waals surface area contributed by atoms with Crippen LogP contribution in [0.25, 0.3) is 0 Å². The molecule has 0 radical (unpaired) electrons. The molecule has 0 aromatic carbocycles. The molecule has 0 saturated heterocycles. The number of nitrogens with zero attached hydrogens (tertiary/aromatic N) is 2. The number of ether oxygens (including phenoxy) is 1. The Morgan fingerprint density at radius 1 is 1.42 bits per heavy atom. The van der Waals surface area contributed by atoms with E-state index in [9.17, 15) is 0 Å². The van der Waals surface area contributed by atoms with Gasteiger partial charge >= 0.3 is 0 Å². The summed E-state index contributed by atoms with van der Waals surface area (Å²) in [5.41, 5.74) is 2.76. The fourth-order valence-corrected chi connectivity index (χ4v) is 3.29. The number of imidazole rings is 1. The van der Waals surface area contributed by atoms with Gasteiger partial charge in [-0.15, -0.1) is 0 Å². The zero-order chi connectivity index (χ0) is 13.5. The van der Waals surface area contributed by atoms with Crippen molar-refractivity contribution in [1.82, 2.24) is 14.9 Å². The minimum atomic E-state index is 0.0724. The second-order valence-corrected chi connectivity index (χ2v) is 6.27. The molecule has 2 heterocycles. The first-order valence-electron chi connectivity index (χ1n) is 7.49. The molecule has 1 aliphatic heterocycles. The molecule has 4 heteroatoms. The second kappa shape index (κ2) is 4.91. The second-order valence-electron chi connectivity index (χ2n) is 6.27. The lowest BCUT2D eigenvalue weighted by molar-refractivity contribution is -0.0844. The van der Waals surface area contributed by atoms with Crippen LogP contribution < -0.4 is 5.32 Å². The molecule has 106 valence electrons. The summed E-state index contributed by atoms with van der Waals surface area (Å²) in [6, 6.07) is 0. The molecular formula is C15H25N3O. The van der Waals surface area contributed by atoms with Gasteiger partial charge in [0, 0.05) is 38.2 Å². The number of hydrogen-bond donors (Lipinski definition) is 1. The molecule has 1 fully saturated rings. The molecule has 19 heavy (non-hydrogen) atoms. The maximum Gasteiger partial charge on any atom is 0.111 e. The van der Waals surface area contributed by atoms with Gasteiger partial charge in [0.1, 0.15) is 5.82 Å². The number of aromatic nitrogens is 2. The van der Waals surface area contributed by atoms with Crippen LogP contribution >= 0.6 is 0 Å². The van der Waals surface area contributed by atoms with E-state index in [0.29, 0.717) is 5.92 Å². The zero-order valence-corrected chi connectivity index (χ0v) is 12.3. The fourth-order valence-electron chi connectivity index (χ4n) is 3.29. The summed E-state index contributed by atoms with van der Waals surface area (Å²) in [5.74, 6) is 1.71. The molecule has 0 atom stereocenters. The first-order valence-corrected chi connectivity index (χ1v) is 7.49. The van der Waals surface area contributed by atoms with Crippen LogP contribution in [0, 0.1) is 0 Å². The van der Waals surface area contributed by atoms with E-state index < -0.39 is 0 Å². The highest BCUT2D eigenvalue weighted by atomic mass is 16.5. The van der Waals surface area contributed by atoms with Gasteiger partial charge in [0.15, 0.2) is 0 Å². The minimum absolute atomic E-state index is 0.0724. The number of methoxy groups -OCH3 is 1. The van der Waals surface area contributed by atoms with Gasteiger partial charge in [-0.05, 0) is 19.3 Å². The van der Waals surface area contributed by atoms with E-state index in [1.807, 2.05) is 7.11 Å². The number of hydrogen-bond acceptors (Lipinski definition) is 3. The summed E-state index contributed by atoms with van der Waals surface area (Å²) < 4.78 is 8.27. The molecule has 0 spiro atoms. The summed E-state index contributed by atoms with van der Waals surface area (Å²) in [6.45, 7) is 7.44. The third-order valence-electron chi connectivity index (χ3n) is 4.68. The maximum absolute atomic E-state index is 5.81. The lowest BCUT2D eigenvalue weighted by Gasteiger charge is -2.41. The summed E-state index contributed by atoms with van der Waals surface area (Å²) in [5, 5.41) is 3.42. The lowest BCUT2D eigenvalue weighted by Crippen LogP contribution is -2.44. The Labute approximate surface area is 115 Å². The largest absolute Gasteiger partial charge is 0.376 e. The monoisotopic (exact) mass is 263 g/mol. The highest BCUT2D eigenvalue weighted by Crippen LogP contribution is 2.38. The smallest absolute Gasteiger partial charge is 0.111 e. The molecule has 1 N–H and O–H groups in total. The summed E-state index contributed by atoms with van der Waals surface area (Å²) >= 11 is 0. The molecule has 2 aliphatic rings. The van der Waals surface area contributed by atoms with Crippen molar-refractivity contribution in [3.05, 3.63) is 17.2 Å². The summed E-state index contributed by atoms with van der Waals surface area (Å²) in [7, 11) is 1.86. The predicted octanol–water partition coefficient (Wildman–Crippen LogP) is 2.22.